The fraction of sp³-hybridized carbons (Fsp3) is 0.345. The monoisotopic (exact) mass is 528 g/mol. The van der Waals surface area contributed by atoms with Crippen LogP contribution in [0.25, 0.3) is 16.8 Å². The molecule has 10 heteroatoms. The Morgan fingerprint density at radius 2 is 1.92 bits per heavy atom. The summed E-state index contributed by atoms with van der Waals surface area (Å²) in [5.74, 6) is -0.0519. The van der Waals surface area contributed by atoms with Crippen LogP contribution in [0.4, 0.5) is 10.6 Å². The van der Waals surface area contributed by atoms with Crippen LogP contribution in [0.15, 0.2) is 67.3 Å². The maximum atomic E-state index is 14.1. The van der Waals surface area contributed by atoms with Gasteiger partial charge in [0.05, 0.1) is 24.5 Å². The highest BCUT2D eigenvalue weighted by Crippen LogP contribution is 2.28. The van der Waals surface area contributed by atoms with Crippen LogP contribution in [0.2, 0.25) is 0 Å². The molecule has 0 spiro atoms. The molecule has 0 bridgehead atoms. The van der Waals surface area contributed by atoms with Crippen LogP contribution in [-0.4, -0.2) is 56.2 Å². The number of fused-ring (bicyclic) bond motifs is 1. The number of amides is 2. The lowest BCUT2D eigenvalue weighted by Gasteiger charge is -2.36. The van der Waals surface area contributed by atoms with E-state index in [1.165, 1.54) is 6.20 Å². The Labute approximate surface area is 227 Å². The smallest absolute Gasteiger partial charge is 0.410 e. The molecule has 3 aromatic heterocycles. The Kier molecular flexibility index (Phi) is 6.94. The number of rotatable bonds is 4. The molecule has 10 nitrogen and oxygen atoms in total. The van der Waals surface area contributed by atoms with Crippen molar-refractivity contribution in [3.8, 4) is 11.1 Å². The second-order valence-electron chi connectivity index (χ2n) is 10.8. The molecular formula is C29H32N6O4. The molecule has 4 heterocycles. The van der Waals surface area contributed by atoms with E-state index in [4.69, 9.17) is 4.74 Å². The fourth-order valence-electron chi connectivity index (χ4n) is 4.94. The van der Waals surface area contributed by atoms with Gasteiger partial charge in [-0.05, 0) is 76.4 Å². The fourth-order valence-corrected chi connectivity index (χ4v) is 4.94. The summed E-state index contributed by atoms with van der Waals surface area (Å²) in [6, 6.07) is 12.1. The Morgan fingerprint density at radius 3 is 2.64 bits per heavy atom. The minimum Gasteiger partial charge on any atom is -0.711 e. The Morgan fingerprint density at radius 1 is 1.15 bits per heavy atom. The Bertz CT molecular complexity index is 1490. The summed E-state index contributed by atoms with van der Waals surface area (Å²) < 4.78 is 8.00. The number of anilines is 1. The number of aromatic nitrogens is 4. The first-order chi connectivity index (χ1) is 18.6. The van der Waals surface area contributed by atoms with E-state index >= 15 is 0 Å². The number of benzene rings is 1. The van der Waals surface area contributed by atoms with E-state index in [-0.39, 0.29) is 18.3 Å². The van der Waals surface area contributed by atoms with E-state index in [2.05, 4.69) is 10.1 Å². The van der Waals surface area contributed by atoms with Gasteiger partial charge in [0, 0.05) is 30.1 Å². The standard InChI is InChI=1S/C29H32N6O4/c1-20-8-5-17-34(38)26(20)35(23-9-6-15-32(19-23)28(37)39-29(2,3)4)27(36)22-12-10-21(11-13-22)24-18-31-33-16-7-14-30-25(24)33/h5,7-8,10-14,16-18,23H,6,9,15,19H2,1-4H3/t23-/m1/s1. The van der Waals surface area contributed by atoms with Crippen molar-refractivity contribution in [2.75, 3.05) is 18.0 Å². The van der Waals surface area contributed by atoms with Crippen LogP contribution < -0.4 is 9.63 Å². The average molecular weight is 529 g/mol. The highest BCUT2D eigenvalue weighted by molar-refractivity contribution is 6.06. The van der Waals surface area contributed by atoms with Crippen molar-refractivity contribution >= 4 is 23.5 Å². The lowest BCUT2D eigenvalue weighted by Crippen LogP contribution is -2.55. The second kappa shape index (κ2) is 10.4. The van der Waals surface area contributed by atoms with Gasteiger partial charge in [-0.15, -0.1) is 0 Å². The number of carbonyl (C=O) groups is 2. The zero-order valence-corrected chi connectivity index (χ0v) is 22.6. The highest BCUT2D eigenvalue weighted by atomic mass is 16.6. The van der Waals surface area contributed by atoms with Crippen molar-refractivity contribution in [1.82, 2.24) is 19.5 Å². The van der Waals surface area contributed by atoms with Gasteiger partial charge in [-0.3, -0.25) is 0 Å². The van der Waals surface area contributed by atoms with Crippen molar-refractivity contribution in [2.45, 2.75) is 52.2 Å². The molecule has 1 atom stereocenters. The van der Waals surface area contributed by atoms with Gasteiger partial charge >= 0.3 is 12.0 Å². The van der Waals surface area contributed by atoms with Gasteiger partial charge in [0.2, 0.25) is 0 Å². The van der Waals surface area contributed by atoms with Gasteiger partial charge in [-0.25, -0.2) is 23.8 Å². The van der Waals surface area contributed by atoms with Crippen molar-refractivity contribution in [1.29, 1.82) is 0 Å². The van der Waals surface area contributed by atoms with E-state index in [0.717, 1.165) is 21.5 Å². The van der Waals surface area contributed by atoms with Crippen LogP contribution in [0.5, 0.6) is 0 Å². The molecule has 39 heavy (non-hydrogen) atoms. The summed E-state index contributed by atoms with van der Waals surface area (Å²) in [5, 5.41) is 17.3. The molecule has 1 aliphatic rings. The molecule has 202 valence electrons. The molecule has 0 saturated carbocycles. The first-order valence-corrected chi connectivity index (χ1v) is 13.0. The van der Waals surface area contributed by atoms with E-state index in [0.29, 0.717) is 30.5 Å². The minimum absolute atomic E-state index is 0.259. The number of likely N-dealkylation sites (tertiary alicyclic amines) is 1. The number of carbonyl (C=O) groups excluding carboxylic acids is 2. The molecule has 1 saturated heterocycles. The van der Waals surface area contributed by atoms with Gasteiger partial charge in [0.15, 0.2) is 5.65 Å². The van der Waals surface area contributed by atoms with Crippen LogP contribution >= 0.6 is 0 Å². The number of nitrogens with zero attached hydrogens (tertiary/aromatic N) is 6. The maximum absolute atomic E-state index is 14.1. The third kappa shape index (κ3) is 5.41. The van der Waals surface area contributed by atoms with Crippen LogP contribution in [0, 0.1) is 12.1 Å². The van der Waals surface area contributed by atoms with Crippen molar-refractivity contribution in [3.63, 3.8) is 0 Å². The number of hydrogen-bond donors (Lipinski definition) is 0. The third-order valence-electron chi connectivity index (χ3n) is 6.71. The Balaban J connectivity index is 1.47. The van der Waals surface area contributed by atoms with E-state index in [1.807, 2.05) is 45.2 Å². The van der Waals surface area contributed by atoms with Gasteiger partial charge in [-0.1, -0.05) is 12.1 Å². The summed E-state index contributed by atoms with van der Waals surface area (Å²) in [5.41, 5.74) is 2.91. The summed E-state index contributed by atoms with van der Waals surface area (Å²) in [6.45, 7) is 8.07. The molecule has 1 aromatic carbocycles. The van der Waals surface area contributed by atoms with Crippen LogP contribution in [0.3, 0.4) is 0 Å². The number of ether oxygens (including phenoxy) is 1. The second-order valence-corrected chi connectivity index (χ2v) is 10.8. The SMILES string of the molecule is Cc1ccc[n+]([O-])c1N(C(=O)c1ccc(-c2cnn3cccnc23)cc1)[C@@H]1CCCN(C(=O)OC(C)(C)C)C1. The summed E-state index contributed by atoms with van der Waals surface area (Å²) in [4.78, 5) is 34.5. The molecule has 5 rings (SSSR count). The molecule has 1 aliphatic heterocycles. The van der Waals surface area contributed by atoms with Gasteiger partial charge in [-0.2, -0.15) is 10.00 Å². The minimum atomic E-state index is -0.633. The maximum Gasteiger partial charge on any atom is 0.410 e. The van der Waals surface area contributed by atoms with Crippen molar-refractivity contribution < 1.29 is 19.1 Å². The topological polar surface area (TPSA) is 107 Å². The van der Waals surface area contributed by atoms with Crippen molar-refractivity contribution in [2.24, 2.45) is 0 Å². The number of hydrogen-bond acceptors (Lipinski definition) is 6. The zero-order chi connectivity index (χ0) is 27.7. The van der Waals surface area contributed by atoms with Gasteiger partial charge < -0.3 is 14.8 Å². The predicted molar refractivity (Wildman–Crippen MR) is 146 cm³/mol. The van der Waals surface area contributed by atoms with Crippen LogP contribution in [-0.2, 0) is 4.74 Å². The molecule has 4 aromatic rings. The van der Waals surface area contributed by atoms with Gasteiger partial charge in [0.1, 0.15) is 11.6 Å². The molecule has 2 amide bonds. The molecule has 0 unspecified atom stereocenters. The predicted octanol–water partition coefficient (Wildman–Crippen LogP) is 4.38. The third-order valence-corrected chi connectivity index (χ3v) is 6.71. The van der Waals surface area contributed by atoms with E-state index in [1.54, 1.807) is 57.9 Å². The number of pyridine rings is 1. The quantitative estimate of drug-likeness (QED) is 0.287. The van der Waals surface area contributed by atoms with Crippen molar-refractivity contribution in [3.05, 3.63) is 83.6 Å². The molecule has 0 N–H and O–H groups in total. The number of aryl methyl sites for hydroxylation is 1. The zero-order valence-electron chi connectivity index (χ0n) is 22.6. The highest BCUT2D eigenvalue weighted by Gasteiger charge is 2.40. The first kappa shape index (κ1) is 26.1. The summed E-state index contributed by atoms with van der Waals surface area (Å²) in [6.07, 6.45) is 7.56. The lowest BCUT2D eigenvalue weighted by atomic mass is 10.0. The van der Waals surface area contributed by atoms with Gasteiger partial charge in [0.25, 0.3) is 5.82 Å². The normalized spacial score (nSPS) is 15.8. The molecular weight excluding hydrogens is 496 g/mol. The lowest BCUT2D eigenvalue weighted by molar-refractivity contribution is -0.592. The summed E-state index contributed by atoms with van der Waals surface area (Å²) in [7, 11) is 0. The molecule has 0 radical (unpaired) electrons. The average Bonchev–Trinajstić information content (AvgIpc) is 3.34. The van der Waals surface area contributed by atoms with Crippen LogP contribution in [0.1, 0.15) is 49.5 Å². The largest absolute Gasteiger partial charge is 0.711 e. The van der Waals surface area contributed by atoms with E-state index < -0.39 is 17.7 Å². The molecule has 0 aliphatic carbocycles. The molecule has 1 fully saturated rings. The number of piperidine rings is 1. The Hall–Kier alpha value is -4.47. The first-order valence-electron chi connectivity index (χ1n) is 13.0. The summed E-state index contributed by atoms with van der Waals surface area (Å²) >= 11 is 0. The van der Waals surface area contributed by atoms with E-state index in [9.17, 15) is 14.8 Å².